The summed E-state index contributed by atoms with van der Waals surface area (Å²) in [6, 6.07) is 1.45. The summed E-state index contributed by atoms with van der Waals surface area (Å²) in [4.78, 5) is 2.00. The van der Waals surface area contributed by atoms with Crippen molar-refractivity contribution in [3.8, 4) is 11.1 Å². The molecule has 1 atom stereocenters. The normalized spacial score (nSPS) is 34.1. The van der Waals surface area contributed by atoms with Crippen LogP contribution in [0.25, 0.3) is 0 Å². The van der Waals surface area contributed by atoms with Crippen LogP contribution in [0.1, 0.15) is 44.9 Å². The van der Waals surface area contributed by atoms with E-state index >= 15 is 0 Å². The molecule has 0 aliphatic carbocycles. The first-order valence-electron chi connectivity index (χ1n) is 9.80. The summed E-state index contributed by atoms with van der Waals surface area (Å²) in [7, 11) is -2.19. The van der Waals surface area contributed by atoms with E-state index in [0.717, 1.165) is 18.3 Å². The van der Waals surface area contributed by atoms with Crippen LogP contribution in [0.15, 0.2) is 10.3 Å². The van der Waals surface area contributed by atoms with Crippen molar-refractivity contribution in [2.45, 2.75) is 95.4 Å². The Morgan fingerprint density at radius 3 is 2.04 bits per heavy atom. The van der Waals surface area contributed by atoms with Gasteiger partial charge in [0, 0.05) is 0 Å². The van der Waals surface area contributed by atoms with Gasteiger partial charge in [-0.2, -0.15) is 0 Å². The van der Waals surface area contributed by atoms with Crippen molar-refractivity contribution in [1.29, 1.82) is 0 Å². The van der Waals surface area contributed by atoms with Gasteiger partial charge in [-0.15, -0.1) is 16.6 Å². The molecule has 0 saturated carbocycles. The van der Waals surface area contributed by atoms with Crippen molar-refractivity contribution in [2.75, 3.05) is 0 Å². The molecule has 124 valence electrons. The molecule has 0 N–H and O–H groups in total. The lowest BCUT2D eigenvalue weighted by atomic mass is 9.24. The fourth-order valence-corrected chi connectivity index (χ4v) is 16.1. The zero-order chi connectivity index (χ0) is 16.6. The van der Waals surface area contributed by atoms with Gasteiger partial charge in [0.05, 0.1) is 8.80 Å². The molecule has 0 aromatic carbocycles. The largest absolute Gasteiger partial charge is 0.175 e. The van der Waals surface area contributed by atoms with Gasteiger partial charge in [0.2, 0.25) is 0 Å². The highest BCUT2D eigenvalue weighted by atomic mass is 28.4. The van der Waals surface area contributed by atoms with E-state index in [1.807, 2.05) is 10.3 Å². The highest BCUT2D eigenvalue weighted by Crippen LogP contribution is 2.52. The van der Waals surface area contributed by atoms with Crippen LogP contribution in [0.3, 0.4) is 0 Å². The molecule has 3 aliphatic heterocycles. The Balaban J connectivity index is 1.99. The first kappa shape index (κ1) is 17.8. The van der Waals surface area contributed by atoms with E-state index in [4.69, 9.17) is 0 Å². The summed E-state index contributed by atoms with van der Waals surface area (Å²) < 4.78 is 0. The average molecular weight is 357 g/mol. The lowest BCUT2D eigenvalue weighted by Gasteiger charge is -2.42. The van der Waals surface area contributed by atoms with Gasteiger partial charge in [-0.3, -0.25) is 0 Å². The maximum atomic E-state index is 3.93. The molecule has 0 spiro atoms. The molecule has 0 nitrogen and oxygen atoms in total. The van der Waals surface area contributed by atoms with E-state index in [2.05, 4.69) is 43.8 Å². The van der Waals surface area contributed by atoms with Crippen LogP contribution in [0.2, 0.25) is 50.4 Å². The minimum Gasteiger partial charge on any atom is -0.140 e. The van der Waals surface area contributed by atoms with Gasteiger partial charge in [0.15, 0.2) is 14.8 Å². The quantitative estimate of drug-likeness (QED) is 0.448. The van der Waals surface area contributed by atoms with Crippen molar-refractivity contribution in [3.63, 3.8) is 0 Å². The highest BCUT2D eigenvalue weighted by Gasteiger charge is 2.48. The minimum atomic E-state index is -1.45. The van der Waals surface area contributed by atoms with E-state index in [9.17, 15) is 0 Å². The third-order valence-corrected chi connectivity index (χ3v) is 15.3. The molecule has 3 rings (SSSR count). The Morgan fingerprint density at radius 1 is 1.00 bits per heavy atom. The van der Waals surface area contributed by atoms with Crippen molar-refractivity contribution >= 4 is 32.4 Å². The number of rotatable bonds is 2. The Bertz CT molecular complexity index is 521. The molecule has 0 aromatic heterocycles. The van der Waals surface area contributed by atoms with E-state index in [-0.39, 0.29) is 8.80 Å². The zero-order valence-corrected chi connectivity index (χ0v) is 18.9. The second kappa shape index (κ2) is 7.10. The first-order chi connectivity index (χ1) is 10.9. The molecular formula is C19H33BSi3. The van der Waals surface area contributed by atoms with Gasteiger partial charge in [0.1, 0.15) is 8.80 Å². The predicted molar refractivity (Wildman–Crippen MR) is 112 cm³/mol. The van der Waals surface area contributed by atoms with E-state index in [1.165, 1.54) is 51.0 Å². The van der Waals surface area contributed by atoms with Gasteiger partial charge < -0.3 is 0 Å². The number of fused-ring (bicyclic) bond motifs is 2. The molecule has 1 unspecified atom stereocenters. The lowest BCUT2D eigenvalue weighted by Crippen LogP contribution is -2.40. The topological polar surface area (TPSA) is 0 Å². The molecule has 2 fully saturated rings. The predicted octanol–water partition coefficient (Wildman–Crippen LogP) is 5.58. The molecule has 2 bridgehead atoms. The Morgan fingerprint density at radius 2 is 1.57 bits per heavy atom. The fraction of sp³-hybridized carbons (Fsp3) is 0.789. The number of hydrogen-bond donors (Lipinski definition) is 0. The molecule has 3 heterocycles. The summed E-state index contributed by atoms with van der Waals surface area (Å²) in [5, 5.41) is 0. The van der Waals surface area contributed by atoms with Crippen LogP contribution < -0.4 is 0 Å². The summed E-state index contributed by atoms with van der Waals surface area (Å²) >= 11 is 0. The second-order valence-electron chi connectivity index (χ2n) is 8.89. The van der Waals surface area contributed by atoms with Crippen LogP contribution in [0, 0.1) is 11.1 Å². The lowest BCUT2D eigenvalue weighted by molar-refractivity contribution is 0.445. The van der Waals surface area contributed by atoms with Gasteiger partial charge in [0.25, 0.3) is 0 Å². The molecule has 2 radical (unpaired) electrons. The van der Waals surface area contributed by atoms with Gasteiger partial charge >= 0.3 is 0 Å². The summed E-state index contributed by atoms with van der Waals surface area (Å²) in [6.45, 7) is 13.4. The van der Waals surface area contributed by atoms with E-state index in [1.54, 1.807) is 0 Å². The third kappa shape index (κ3) is 3.53. The zero-order valence-electron chi connectivity index (χ0n) is 15.9. The second-order valence-corrected chi connectivity index (χ2v) is 18.1. The Kier molecular flexibility index (Phi) is 5.50. The van der Waals surface area contributed by atoms with Crippen LogP contribution in [-0.2, 0) is 0 Å². The van der Waals surface area contributed by atoms with E-state index in [0.29, 0.717) is 0 Å². The van der Waals surface area contributed by atoms with Crippen LogP contribution in [0.5, 0.6) is 0 Å². The molecular weight excluding hydrogens is 323 g/mol. The minimum absolute atomic E-state index is 0.342. The highest BCUT2D eigenvalue weighted by molar-refractivity contribution is 7.06. The molecule has 23 heavy (non-hydrogen) atoms. The maximum absolute atomic E-state index is 3.93. The van der Waals surface area contributed by atoms with Gasteiger partial charge in [-0.05, 0) is 12.5 Å². The van der Waals surface area contributed by atoms with Crippen LogP contribution in [-0.4, -0.2) is 32.4 Å². The summed E-state index contributed by atoms with van der Waals surface area (Å²) in [6.07, 6.45) is 10.5. The first-order valence-corrected chi connectivity index (χ1v) is 17.5. The molecule has 0 aromatic rings. The molecule has 4 heteroatoms. The number of allylic oxidation sites excluding steroid dienone is 1. The average Bonchev–Trinajstić information content (AvgIpc) is 2.82. The summed E-state index contributed by atoms with van der Waals surface area (Å²) in [5.74, 6) is 2.07. The smallest absolute Gasteiger partial charge is 0.140 e. The maximum Gasteiger partial charge on any atom is 0.175 e. The Hall–Kier alpha value is 0.0156. The SMILES string of the molecule is C[Si](C)C#C[Si]1(C)CCC(B2C3CCCC2CCC3)=C1[Si](C)C. The summed E-state index contributed by atoms with van der Waals surface area (Å²) in [5.41, 5.74) is 9.60. The van der Waals surface area contributed by atoms with E-state index < -0.39 is 16.9 Å². The fourth-order valence-electron chi connectivity index (χ4n) is 5.83. The van der Waals surface area contributed by atoms with Crippen LogP contribution >= 0.6 is 0 Å². The molecule has 2 saturated heterocycles. The Labute approximate surface area is 149 Å². The standard InChI is InChI=1S/C19H33BSi3/c1-21(2)13-15-23(5)14-12-18(19(23)22(3)4)20-16-8-6-9-17(20)11-7-10-16/h16-17H,6-12,14H2,1-5H3. The van der Waals surface area contributed by atoms with Crippen molar-refractivity contribution in [2.24, 2.45) is 0 Å². The van der Waals surface area contributed by atoms with Crippen molar-refractivity contribution in [3.05, 3.63) is 10.3 Å². The molecule has 3 aliphatic rings. The third-order valence-electron chi connectivity index (χ3n) is 6.57. The van der Waals surface area contributed by atoms with Crippen molar-refractivity contribution < 1.29 is 0 Å². The van der Waals surface area contributed by atoms with Crippen molar-refractivity contribution in [1.82, 2.24) is 0 Å². The van der Waals surface area contributed by atoms with Gasteiger partial charge in [-0.25, -0.2) is 0 Å². The van der Waals surface area contributed by atoms with Crippen LogP contribution in [0.4, 0.5) is 0 Å². The number of hydrogen-bond acceptors (Lipinski definition) is 0. The monoisotopic (exact) mass is 356 g/mol. The molecule has 0 amide bonds. The van der Waals surface area contributed by atoms with Gasteiger partial charge in [-0.1, -0.05) is 87.7 Å².